The van der Waals surface area contributed by atoms with Gasteiger partial charge in [0.2, 0.25) is 0 Å². The fourth-order valence-electron chi connectivity index (χ4n) is 4.49. The van der Waals surface area contributed by atoms with Gasteiger partial charge in [-0.1, -0.05) is 24.1 Å². The number of aromatic nitrogens is 2. The van der Waals surface area contributed by atoms with Crippen LogP contribution in [0.2, 0.25) is 5.02 Å². The Kier molecular flexibility index (Phi) is 4.06. The van der Waals surface area contributed by atoms with Gasteiger partial charge in [0.1, 0.15) is 5.82 Å². The maximum Gasteiger partial charge on any atom is 0.317 e. The number of likely N-dealkylation sites (tertiary alicyclic amines) is 1. The average molecular weight is 377 g/mol. The number of hydrogen-bond donors (Lipinski definition) is 2. The number of para-hydroxylation sites is 1. The van der Waals surface area contributed by atoms with E-state index in [1.54, 1.807) is 4.90 Å². The van der Waals surface area contributed by atoms with Gasteiger partial charge in [-0.15, -0.1) is 0 Å². The molecule has 0 radical (unpaired) electrons. The van der Waals surface area contributed by atoms with Crippen molar-refractivity contribution in [3.05, 3.63) is 29.0 Å². The van der Waals surface area contributed by atoms with E-state index in [0.29, 0.717) is 23.8 Å². The number of carboxylic acid groups (broad SMARTS) is 1. The van der Waals surface area contributed by atoms with Crippen molar-refractivity contribution in [2.45, 2.75) is 25.8 Å². The minimum Gasteiger partial charge on any atom is -0.481 e. The van der Waals surface area contributed by atoms with Gasteiger partial charge < -0.3 is 19.9 Å². The van der Waals surface area contributed by atoms with Crippen molar-refractivity contribution >= 4 is 34.6 Å². The minimum absolute atomic E-state index is 0.0558. The lowest BCUT2D eigenvalue weighted by molar-refractivity contribution is -0.149. The van der Waals surface area contributed by atoms with Crippen LogP contribution < -0.4 is 5.32 Å². The van der Waals surface area contributed by atoms with Crippen molar-refractivity contribution in [3.8, 4) is 0 Å². The molecule has 1 aliphatic heterocycles. The van der Waals surface area contributed by atoms with Gasteiger partial charge in [0.15, 0.2) is 0 Å². The summed E-state index contributed by atoms with van der Waals surface area (Å²) in [4.78, 5) is 30.5. The second-order valence-corrected chi connectivity index (χ2v) is 7.69. The third kappa shape index (κ3) is 2.53. The highest BCUT2D eigenvalue weighted by Crippen LogP contribution is 2.48. The number of nitrogens with zero attached hydrogens (tertiary/aromatic N) is 3. The molecule has 2 N–H and O–H groups in total. The van der Waals surface area contributed by atoms with E-state index in [1.807, 2.05) is 29.8 Å². The van der Waals surface area contributed by atoms with Crippen LogP contribution in [0.25, 0.3) is 11.0 Å². The lowest BCUT2D eigenvalue weighted by atomic mass is 9.81. The molecular weight excluding hydrogens is 356 g/mol. The van der Waals surface area contributed by atoms with Crippen LogP contribution >= 0.6 is 11.6 Å². The van der Waals surface area contributed by atoms with Crippen molar-refractivity contribution in [1.82, 2.24) is 19.8 Å². The number of amides is 2. The predicted molar refractivity (Wildman–Crippen MR) is 96.9 cm³/mol. The van der Waals surface area contributed by atoms with Crippen LogP contribution in [0.15, 0.2) is 18.2 Å². The Bertz CT molecular complexity index is 896. The molecule has 2 heterocycles. The second-order valence-electron chi connectivity index (χ2n) is 7.28. The molecular formula is C18H21ClN4O3. The smallest absolute Gasteiger partial charge is 0.317 e. The molecule has 8 heteroatoms. The van der Waals surface area contributed by atoms with Crippen LogP contribution in [0.3, 0.4) is 0 Å². The molecule has 2 aliphatic rings. The van der Waals surface area contributed by atoms with E-state index < -0.39 is 11.4 Å². The molecule has 1 aromatic carbocycles. The first-order valence-electron chi connectivity index (χ1n) is 8.78. The summed E-state index contributed by atoms with van der Waals surface area (Å²) in [6, 6.07) is 5.29. The lowest BCUT2D eigenvalue weighted by Gasteiger charge is -2.23. The lowest BCUT2D eigenvalue weighted by Crippen LogP contribution is -2.41. The third-order valence-corrected chi connectivity index (χ3v) is 6.22. The molecule has 0 unspecified atom stereocenters. The van der Waals surface area contributed by atoms with E-state index in [2.05, 4.69) is 10.3 Å². The molecule has 0 bridgehead atoms. The van der Waals surface area contributed by atoms with Crippen LogP contribution in [0, 0.1) is 11.3 Å². The van der Waals surface area contributed by atoms with E-state index in [-0.39, 0.29) is 25.0 Å². The van der Waals surface area contributed by atoms with Gasteiger partial charge in [0.25, 0.3) is 0 Å². The largest absolute Gasteiger partial charge is 0.481 e. The molecule has 1 aliphatic carbocycles. The summed E-state index contributed by atoms with van der Waals surface area (Å²) in [5.74, 6) is -0.0191. The number of carbonyl (C=O) groups excluding carboxylic acids is 1. The van der Waals surface area contributed by atoms with E-state index in [0.717, 1.165) is 23.9 Å². The Labute approximate surface area is 155 Å². The van der Waals surface area contributed by atoms with Crippen molar-refractivity contribution in [1.29, 1.82) is 0 Å². The average Bonchev–Trinajstić information content (AvgIpc) is 3.24. The number of aliphatic carboxylic acids is 1. The highest BCUT2D eigenvalue weighted by atomic mass is 35.5. The monoisotopic (exact) mass is 376 g/mol. The first-order valence-corrected chi connectivity index (χ1v) is 9.16. The van der Waals surface area contributed by atoms with E-state index >= 15 is 0 Å². The van der Waals surface area contributed by atoms with E-state index in [1.165, 1.54) is 0 Å². The van der Waals surface area contributed by atoms with E-state index in [9.17, 15) is 14.7 Å². The maximum absolute atomic E-state index is 12.6. The van der Waals surface area contributed by atoms with Crippen molar-refractivity contribution in [2.75, 3.05) is 13.1 Å². The number of benzene rings is 1. The van der Waals surface area contributed by atoms with Crippen molar-refractivity contribution in [3.63, 3.8) is 0 Å². The van der Waals surface area contributed by atoms with Gasteiger partial charge in [0.05, 0.1) is 28.0 Å². The van der Waals surface area contributed by atoms with Crippen LogP contribution in [0.1, 0.15) is 25.1 Å². The fraction of sp³-hybridized carbons (Fsp3) is 0.500. The zero-order chi connectivity index (χ0) is 18.5. The number of halogens is 1. The first kappa shape index (κ1) is 17.1. The van der Waals surface area contributed by atoms with Crippen LogP contribution in [0.5, 0.6) is 0 Å². The fourth-order valence-corrected chi connectivity index (χ4v) is 4.78. The Morgan fingerprint density at radius 1 is 1.46 bits per heavy atom. The number of urea groups is 1. The zero-order valence-corrected chi connectivity index (χ0v) is 15.3. The van der Waals surface area contributed by atoms with Crippen LogP contribution in [-0.2, 0) is 18.4 Å². The number of hydrogen-bond acceptors (Lipinski definition) is 3. The van der Waals surface area contributed by atoms with Crippen molar-refractivity contribution in [2.24, 2.45) is 18.4 Å². The van der Waals surface area contributed by atoms with Crippen molar-refractivity contribution < 1.29 is 14.7 Å². The van der Waals surface area contributed by atoms with Crippen LogP contribution in [0.4, 0.5) is 4.79 Å². The quantitative estimate of drug-likeness (QED) is 0.862. The molecule has 2 aromatic rings. The highest BCUT2D eigenvalue weighted by Gasteiger charge is 2.55. The number of carboxylic acids is 1. The summed E-state index contributed by atoms with van der Waals surface area (Å²) in [5.41, 5.74) is 0.853. The van der Waals surface area contributed by atoms with Gasteiger partial charge in [-0.2, -0.15) is 0 Å². The molecule has 2 amide bonds. The number of nitrogens with one attached hydrogen (secondary N) is 1. The topological polar surface area (TPSA) is 87.5 Å². The SMILES string of the molecule is Cn1c(CNC(=O)N2C[C@@H]3CCC[C@@]3(C(=O)O)C2)nc2cccc(Cl)c21. The molecule has 26 heavy (non-hydrogen) atoms. The molecule has 1 saturated carbocycles. The number of fused-ring (bicyclic) bond motifs is 2. The van der Waals surface area contributed by atoms with Gasteiger partial charge in [-0.25, -0.2) is 9.78 Å². The Balaban J connectivity index is 1.46. The summed E-state index contributed by atoms with van der Waals surface area (Å²) < 4.78 is 1.87. The van der Waals surface area contributed by atoms with Gasteiger partial charge in [-0.05, 0) is 30.9 Å². The van der Waals surface area contributed by atoms with Gasteiger partial charge in [0, 0.05) is 20.1 Å². The summed E-state index contributed by atoms with van der Waals surface area (Å²) >= 11 is 6.23. The second kappa shape index (κ2) is 6.16. The molecule has 138 valence electrons. The maximum atomic E-state index is 12.6. The minimum atomic E-state index is -0.778. The normalized spacial score (nSPS) is 24.8. The number of rotatable bonds is 3. The summed E-state index contributed by atoms with van der Waals surface area (Å²) in [5, 5.41) is 13.1. The summed E-state index contributed by atoms with van der Waals surface area (Å²) in [6.45, 7) is 1.06. The molecule has 0 spiro atoms. The number of aryl methyl sites for hydroxylation is 1. The number of imidazole rings is 1. The predicted octanol–water partition coefficient (Wildman–Crippen LogP) is 2.62. The Morgan fingerprint density at radius 2 is 2.27 bits per heavy atom. The Morgan fingerprint density at radius 3 is 2.96 bits per heavy atom. The van der Waals surface area contributed by atoms with Gasteiger partial charge in [-0.3, -0.25) is 4.79 Å². The molecule has 4 rings (SSSR count). The van der Waals surface area contributed by atoms with Crippen LogP contribution in [-0.4, -0.2) is 44.6 Å². The first-order chi connectivity index (χ1) is 12.4. The third-order valence-electron chi connectivity index (χ3n) is 5.92. The molecule has 1 saturated heterocycles. The highest BCUT2D eigenvalue weighted by molar-refractivity contribution is 6.35. The summed E-state index contributed by atoms with van der Waals surface area (Å²) in [6.07, 6.45) is 2.45. The molecule has 7 nitrogen and oxygen atoms in total. The zero-order valence-electron chi connectivity index (χ0n) is 14.5. The number of carbonyl (C=O) groups is 2. The van der Waals surface area contributed by atoms with Gasteiger partial charge >= 0.3 is 12.0 Å². The molecule has 1 aromatic heterocycles. The van der Waals surface area contributed by atoms with E-state index in [4.69, 9.17) is 11.6 Å². The molecule has 2 fully saturated rings. The molecule has 2 atom stereocenters. The Hall–Kier alpha value is -2.28. The summed E-state index contributed by atoms with van der Waals surface area (Å²) in [7, 11) is 1.86. The standard InChI is InChI=1S/C18H21ClN4O3/c1-22-14(21-13-6-2-5-12(19)15(13)22)8-20-17(26)23-9-11-4-3-7-18(11,10-23)16(24)25/h2,5-6,11H,3-4,7-10H2,1H3,(H,20,26)(H,24,25)/t11-,18+/m0/s1.